The third-order valence-electron chi connectivity index (χ3n) is 7.04. The van der Waals surface area contributed by atoms with Gasteiger partial charge < -0.3 is 24.8 Å². The molecule has 0 spiro atoms. The first-order chi connectivity index (χ1) is 16.5. The normalized spacial score (nSPS) is 23.4. The van der Waals surface area contributed by atoms with Gasteiger partial charge in [-0.2, -0.15) is 0 Å². The van der Waals surface area contributed by atoms with E-state index in [2.05, 4.69) is 29.6 Å². The number of carboxylic acids is 1. The maximum Gasteiger partial charge on any atom is 0.407 e. The second-order valence-electron chi connectivity index (χ2n) is 9.19. The van der Waals surface area contributed by atoms with E-state index in [0.29, 0.717) is 32.5 Å². The van der Waals surface area contributed by atoms with E-state index in [-0.39, 0.29) is 30.8 Å². The van der Waals surface area contributed by atoms with Gasteiger partial charge in [-0.15, -0.1) is 0 Å². The van der Waals surface area contributed by atoms with E-state index in [4.69, 9.17) is 14.6 Å². The molecule has 8 heteroatoms. The molecule has 0 bridgehead atoms. The van der Waals surface area contributed by atoms with Crippen LogP contribution in [0.2, 0.25) is 0 Å². The summed E-state index contributed by atoms with van der Waals surface area (Å²) in [5.74, 6) is -1.14. The fraction of sp³-hybridized carbons (Fsp3) is 0.423. The van der Waals surface area contributed by atoms with Crippen molar-refractivity contribution < 1.29 is 29.0 Å². The van der Waals surface area contributed by atoms with E-state index in [9.17, 15) is 14.4 Å². The van der Waals surface area contributed by atoms with Crippen molar-refractivity contribution in [1.82, 2.24) is 10.2 Å². The molecule has 2 aliphatic heterocycles. The fourth-order valence-corrected chi connectivity index (χ4v) is 5.40. The molecule has 3 atom stereocenters. The Morgan fingerprint density at radius 1 is 1.03 bits per heavy atom. The van der Waals surface area contributed by atoms with Gasteiger partial charge in [-0.25, -0.2) is 4.79 Å². The minimum atomic E-state index is -0.855. The lowest BCUT2D eigenvalue weighted by atomic mass is 9.98. The smallest absolute Gasteiger partial charge is 0.407 e. The van der Waals surface area contributed by atoms with Gasteiger partial charge in [0, 0.05) is 32.0 Å². The van der Waals surface area contributed by atoms with Crippen LogP contribution >= 0.6 is 0 Å². The number of hydrogen-bond donors (Lipinski definition) is 2. The quantitative estimate of drug-likeness (QED) is 0.681. The number of ether oxygens (including phenoxy) is 2. The van der Waals surface area contributed by atoms with Gasteiger partial charge in [-0.05, 0) is 41.0 Å². The SMILES string of the molecule is O=C(O)CC1CCN(C(=O)[C@@H]2OCC[C@@H]2NC(=O)OCC2c3ccccc3-c3ccccc32)C1. The number of alkyl carbamates (subject to hydrolysis) is 1. The number of benzene rings is 2. The van der Waals surface area contributed by atoms with Crippen LogP contribution in [-0.4, -0.2) is 66.4 Å². The predicted molar refractivity (Wildman–Crippen MR) is 123 cm³/mol. The second-order valence-corrected chi connectivity index (χ2v) is 9.19. The minimum Gasteiger partial charge on any atom is -0.481 e. The number of carboxylic acid groups (broad SMARTS) is 1. The number of carbonyl (C=O) groups is 3. The van der Waals surface area contributed by atoms with Gasteiger partial charge in [0.15, 0.2) is 6.10 Å². The molecular weight excluding hydrogens is 436 g/mol. The van der Waals surface area contributed by atoms with Gasteiger partial charge in [-0.3, -0.25) is 9.59 Å². The number of carbonyl (C=O) groups excluding carboxylic acids is 2. The molecule has 3 aliphatic rings. The summed E-state index contributed by atoms with van der Waals surface area (Å²) in [4.78, 5) is 38.3. The maximum atomic E-state index is 13.0. The van der Waals surface area contributed by atoms with Crippen molar-refractivity contribution in [2.45, 2.75) is 37.3 Å². The number of likely N-dealkylation sites (tertiary alicyclic amines) is 1. The molecule has 178 valence electrons. The Hall–Kier alpha value is -3.39. The Kier molecular flexibility index (Phi) is 6.24. The zero-order chi connectivity index (χ0) is 23.7. The molecule has 0 radical (unpaired) electrons. The molecule has 0 saturated carbocycles. The minimum absolute atomic E-state index is 0.0359. The Morgan fingerprint density at radius 3 is 2.38 bits per heavy atom. The molecule has 8 nitrogen and oxygen atoms in total. The van der Waals surface area contributed by atoms with Crippen LogP contribution in [0.1, 0.15) is 36.3 Å². The van der Waals surface area contributed by atoms with E-state index >= 15 is 0 Å². The van der Waals surface area contributed by atoms with E-state index in [0.717, 1.165) is 22.3 Å². The highest BCUT2D eigenvalue weighted by atomic mass is 16.6. The molecule has 2 fully saturated rings. The van der Waals surface area contributed by atoms with Crippen LogP contribution in [-0.2, 0) is 19.1 Å². The molecule has 1 aliphatic carbocycles. The van der Waals surface area contributed by atoms with Crippen molar-refractivity contribution >= 4 is 18.0 Å². The maximum absolute atomic E-state index is 13.0. The lowest BCUT2D eigenvalue weighted by Gasteiger charge is -2.24. The van der Waals surface area contributed by atoms with Crippen LogP contribution in [0.4, 0.5) is 4.79 Å². The molecule has 0 aromatic heterocycles. The first-order valence-electron chi connectivity index (χ1n) is 11.7. The number of rotatable bonds is 6. The first kappa shape index (κ1) is 22.4. The highest BCUT2D eigenvalue weighted by Gasteiger charge is 2.40. The monoisotopic (exact) mass is 464 g/mol. The molecular formula is C26H28N2O6. The van der Waals surface area contributed by atoms with Crippen molar-refractivity contribution in [3.8, 4) is 11.1 Å². The average molecular weight is 465 g/mol. The summed E-state index contributed by atoms with van der Waals surface area (Å²) in [6, 6.07) is 15.8. The van der Waals surface area contributed by atoms with Crippen LogP contribution in [0.15, 0.2) is 48.5 Å². The van der Waals surface area contributed by atoms with E-state index in [1.807, 2.05) is 24.3 Å². The standard InChI is InChI=1S/C26H28N2O6/c29-23(30)13-16-9-11-28(14-16)25(31)24-22(10-12-33-24)27-26(32)34-15-21-19-7-3-1-5-17(19)18-6-2-4-8-20(18)21/h1-8,16,21-22,24H,9-15H2,(H,27,32)(H,29,30)/t16?,22-,24+/m0/s1. The van der Waals surface area contributed by atoms with Crippen LogP contribution in [0.3, 0.4) is 0 Å². The second kappa shape index (κ2) is 9.46. The van der Waals surface area contributed by atoms with Crippen LogP contribution < -0.4 is 5.32 Å². The summed E-state index contributed by atoms with van der Waals surface area (Å²) in [7, 11) is 0. The summed E-state index contributed by atoms with van der Waals surface area (Å²) >= 11 is 0. The molecule has 34 heavy (non-hydrogen) atoms. The van der Waals surface area contributed by atoms with Gasteiger partial charge in [0.05, 0.1) is 6.04 Å². The molecule has 2 aromatic carbocycles. The summed E-state index contributed by atoms with van der Waals surface area (Å²) < 4.78 is 11.3. The van der Waals surface area contributed by atoms with E-state index in [1.165, 1.54) is 0 Å². The predicted octanol–water partition coefficient (Wildman–Crippen LogP) is 3.01. The van der Waals surface area contributed by atoms with Gasteiger partial charge in [0.1, 0.15) is 6.61 Å². The highest BCUT2D eigenvalue weighted by Crippen LogP contribution is 2.44. The summed E-state index contributed by atoms with van der Waals surface area (Å²) in [6.07, 6.45) is -0.108. The fourth-order valence-electron chi connectivity index (χ4n) is 5.40. The lowest BCUT2D eigenvalue weighted by molar-refractivity contribution is -0.142. The molecule has 5 rings (SSSR count). The Labute approximate surface area is 197 Å². The van der Waals surface area contributed by atoms with E-state index in [1.54, 1.807) is 4.90 Å². The zero-order valence-corrected chi connectivity index (χ0v) is 18.8. The molecule has 2 amide bonds. The highest BCUT2D eigenvalue weighted by molar-refractivity contribution is 5.83. The average Bonchev–Trinajstić information content (AvgIpc) is 3.55. The Morgan fingerprint density at radius 2 is 1.71 bits per heavy atom. The lowest BCUT2D eigenvalue weighted by Crippen LogP contribution is -2.49. The van der Waals surface area contributed by atoms with Crippen LogP contribution in [0, 0.1) is 5.92 Å². The van der Waals surface area contributed by atoms with Crippen LogP contribution in [0.25, 0.3) is 11.1 Å². The molecule has 2 heterocycles. The summed E-state index contributed by atoms with van der Waals surface area (Å²) in [5, 5.41) is 11.8. The number of hydrogen-bond acceptors (Lipinski definition) is 5. The number of nitrogens with zero attached hydrogens (tertiary/aromatic N) is 1. The first-order valence-corrected chi connectivity index (χ1v) is 11.7. The van der Waals surface area contributed by atoms with Crippen molar-refractivity contribution in [1.29, 1.82) is 0 Å². The Balaban J connectivity index is 1.18. The third kappa shape index (κ3) is 4.37. The van der Waals surface area contributed by atoms with Crippen LogP contribution in [0.5, 0.6) is 0 Å². The number of nitrogens with one attached hydrogen (secondary N) is 1. The molecule has 2 aromatic rings. The summed E-state index contributed by atoms with van der Waals surface area (Å²) in [5.41, 5.74) is 4.60. The number of amides is 2. The van der Waals surface area contributed by atoms with Gasteiger partial charge in [0.2, 0.25) is 0 Å². The molecule has 2 N–H and O–H groups in total. The van der Waals surface area contributed by atoms with Gasteiger partial charge >= 0.3 is 12.1 Å². The number of fused-ring (bicyclic) bond motifs is 3. The zero-order valence-electron chi connectivity index (χ0n) is 18.8. The van der Waals surface area contributed by atoms with Gasteiger partial charge in [-0.1, -0.05) is 48.5 Å². The topological polar surface area (TPSA) is 105 Å². The van der Waals surface area contributed by atoms with Crippen molar-refractivity contribution in [2.24, 2.45) is 5.92 Å². The molecule has 2 saturated heterocycles. The third-order valence-corrected chi connectivity index (χ3v) is 7.04. The van der Waals surface area contributed by atoms with Crippen molar-refractivity contribution in [3.05, 3.63) is 59.7 Å². The number of aliphatic carboxylic acids is 1. The van der Waals surface area contributed by atoms with Crippen molar-refractivity contribution in [2.75, 3.05) is 26.3 Å². The summed E-state index contributed by atoms with van der Waals surface area (Å²) in [6.45, 7) is 1.49. The molecule has 1 unspecified atom stereocenters. The Bertz CT molecular complexity index is 1060. The van der Waals surface area contributed by atoms with Crippen molar-refractivity contribution in [3.63, 3.8) is 0 Å². The largest absolute Gasteiger partial charge is 0.481 e. The van der Waals surface area contributed by atoms with E-state index < -0.39 is 24.2 Å². The van der Waals surface area contributed by atoms with Gasteiger partial charge in [0.25, 0.3) is 5.91 Å².